The number of aliphatic hydroxyl groups excluding tert-OH is 1. The third kappa shape index (κ3) is 2.12. The molecule has 1 N–H and O–H groups in total. The molecule has 0 aromatic carbocycles. The van der Waals surface area contributed by atoms with Gasteiger partial charge in [0.25, 0.3) is 0 Å². The summed E-state index contributed by atoms with van der Waals surface area (Å²) >= 11 is 7.03. The van der Waals surface area contributed by atoms with Crippen LogP contribution in [0.15, 0.2) is 20.1 Å². The van der Waals surface area contributed by atoms with Gasteiger partial charge in [0.05, 0.1) is 14.6 Å². The average molecular weight is 279 g/mol. The van der Waals surface area contributed by atoms with E-state index in [0.717, 1.165) is 12.8 Å². The first kappa shape index (κ1) is 10.0. The predicted octanol–water partition coefficient (Wildman–Crippen LogP) is 3.52. The highest BCUT2D eigenvalue weighted by molar-refractivity contribution is 9.11. The molecule has 1 aliphatic carbocycles. The van der Waals surface area contributed by atoms with Gasteiger partial charge in [-0.1, -0.05) is 6.42 Å². The first-order chi connectivity index (χ1) is 6.24. The van der Waals surface area contributed by atoms with Gasteiger partial charge in [0.1, 0.15) is 0 Å². The minimum absolute atomic E-state index is 0.143. The summed E-state index contributed by atoms with van der Waals surface area (Å²) < 4.78 is 2.62. The topological polar surface area (TPSA) is 20.2 Å². The fraction of sp³-hybridized carbons (Fsp3) is 0.556. The SMILES string of the molecule is OCC1(Sc2ccc(Br)s2)CCC1. The van der Waals surface area contributed by atoms with Gasteiger partial charge >= 0.3 is 0 Å². The van der Waals surface area contributed by atoms with Crippen molar-refractivity contribution < 1.29 is 5.11 Å². The van der Waals surface area contributed by atoms with Crippen molar-refractivity contribution in [2.45, 2.75) is 28.2 Å². The lowest BCUT2D eigenvalue weighted by molar-refractivity contribution is 0.191. The molecule has 13 heavy (non-hydrogen) atoms. The highest BCUT2D eigenvalue weighted by Gasteiger charge is 2.37. The number of hydrogen-bond acceptors (Lipinski definition) is 3. The van der Waals surface area contributed by atoms with E-state index in [1.807, 2.05) is 11.8 Å². The second-order valence-corrected chi connectivity index (χ2v) is 7.59. The van der Waals surface area contributed by atoms with Crippen LogP contribution in [-0.4, -0.2) is 16.5 Å². The highest BCUT2D eigenvalue weighted by atomic mass is 79.9. The maximum Gasteiger partial charge on any atom is 0.0710 e. The Labute approximate surface area is 94.7 Å². The van der Waals surface area contributed by atoms with E-state index in [4.69, 9.17) is 0 Å². The standard InChI is InChI=1S/C9H11BrOS2/c10-7-2-3-8(12-7)13-9(6-11)4-1-5-9/h2-3,11H,1,4-6H2. The summed E-state index contributed by atoms with van der Waals surface area (Å²) in [5.41, 5.74) is 0. The average Bonchev–Trinajstić information content (AvgIpc) is 2.44. The summed E-state index contributed by atoms with van der Waals surface area (Å²) in [6, 6.07) is 4.19. The van der Waals surface area contributed by atoms with Crippen LogP contribution in [0.4, 0.5) is 0 Å². The normalized spacial score (nSPS) is 19.8. The van der Waals surface area contributed by atoms with Crippen molar-refractivity contribution in [3.05, 3.63) is 15.9 Å². The number of thioether (sulfide) groups is 1. The minimum Gasteiger partial charge on any atom is -0.395 e. The molecular formula is C9H11BrOS2. The van der Waals surface area contributed by atoms with Crippen LogP contribution in [0.1, 0.15) is 19.3 Å². The fourth-order valence-corrected chi connectivity index (χ4v) is 4.96. The largest absolute Gasteiger partial charge is 0.395 e. The maximum absolute atomic E-state index is 9.28. The lowest BCUT2D eigenvalue weighted by Gasteiger charge is -2.39. The third-order valence-corrected chi connectivity index (χ3v) is 5.64. The second-order valence-electron chi connectivity index (χ2n) is 3.36. The van der Waals surface area contributed by atoms with Gasteiger partial charge in [-0.05, 0) is 40.9 Å². The number of aliphatic hydroxyl groups is 1. The Morgan fingerprint density at radius 1 is 1.54 bits per heavy atom. The summed E-state index contributed by atoms with van der Waals surface area (Å²) in [5.74, 6) is 0. The molecule has 0 radical (unpaired) electrons. The predicted molar refractivity (Wildman–Crippen MR) is 61.5 cm³/mol. The van der Waals surface area contributed by atoms with Crippen LogP contribution in [0.5, 0.6) is 0 Å². The zero-order valence-corrected chi connectivity index (χ0v) is 10.3. The Balaban J connectivity index is 2.04. The molecule has 0 atom stereocenters. The van der Waals surface area contributed by atoms with Crippen molar-refractivity contribution in [3.63, 3.8) is 0 Å². The van der Waals surface area contributed by atoms with Crippen LogP contribution in [0.2, 0.25) is 0 Å². The zero-order valence-electron chi connectivity index (χ0n) is 7.12. The summed E-state index contributed by atoms with van der Waals surface area (Å²) in [6.45, 7) is 0.313. The van der Waals surface area contributed by atoms with Gasteiger partial charge < -0.3 is 5.11 Å². The first-order valence-corrected chi connectivity index (χ1v) is 6.72. The van der Waals surface area contributed by atoms with Gasteiger partial charge in [-0.3, -0.25) is 0 Å². The van der Waals surface area contributed by atoms with E-state index < -0.39 is 0 Å². The molecule has 1 aromatic heterocycles. The lowest BCUT2D eigenvalue weighted by Crippen LogP contribution is -2.36. The minimum atomic E-state index is 0.143. The Hall–Kier alpha value is 0.490. The molecule has 0 amide bonds. The zero-order chi connectivity index (χ0) is 9.31. The molecule has 1 aliphatic rings. The van der Waals surface area contributed by atoms with Crippen LogP contribution >= 0.6 is 39.0 Å². The summed E-state index contributed by atoms with van der Waals surface area (Å²) in [6.07, 6.45) is 3.58. The highest BCUT2D eigenvalue weighted by Crippen LogP contribution is 2.49. The van der Waals surface area contributed by atoms with E-state index in [0.29, 0.717) is 6.61 Å². The number of thiophene rings is 1. The van der Waals surface area contributed by atoms with Gasteiger partial charge in [0, 0.05) is 4.75 Å². The molecule has 0 spiro atoms. The van der Waals surface area contributed by atoms with E-state index >= 15 is 0 Å². The molecular weight excluding hydrogens is 268 g/mol. The van der Waals surface area contributed by atoms with Gasteiger partial charge in [-0.2, -0.15) is 0 Å². The molecule has 0 bridgehead atoms. The van der Waals surface area contributed by atoms with Gasteiger partial charge in [-0.25, -0.2) is 0 Å². The number of rotatable bonds is 3. The van der Waals surface area contributed by atoms with Crippen molar-refractivity contribution >= 4 is 39.0 Å². The molecule has 1 fully saturated rings. The Morgan fingerprint density at radius 3 is 2.69 bits per heavy atom. The Morgan fingerprint density at radius 2 is 2.31 bits per heavy atom. The molecule has 0 unspecified atom stereocenters. The molecule has 72 valence electrons. The van der Waals surface area contributed by atoms with E-state index in [2.05, 4.69) is 28.1 Å². The molecule has 1 aromatic rings. The van der Waals surface area contributed by atoms with Gasteiger partial charge in [0.2, 0.25) is 0 Å². The van der Waals surface area contributed by atoms with Crippen molar-refractivity contribution in [2.24, 2.45) is 0 Å². The van der Waals surface area contributed by atoms with E-state index in [1.165, 1.54) is 14.4 Å². The Kier molecular flexibility index (Phi) is 3.03. The molecule has 2 rings (SSSR count). The summed E-state index contributed by atoms with van der Waals surface area (Å²) in [4.78, 5) is 0. The van der Waals surface area contributed by atoms with E-state index in [9.17, 15) is 5.11 Å². The van der Waals surface area contributed by atoms with Crippen molar-refractivity contribution in [3.8, 4) is 0 Å². The maximum atomic E-state index is 9.28. The van der Waals surface area contributed by atoms with Crippen LogP contribution in [0, 0.1) is 0 Å². The quantitative estimate of drug-likeness (QED) is 0.913. The molecule has 1 saturated carbocycles. The van der Waals surface area contributed by atoms with Crippen LogP contribution in [0.25, 0.3) is 0 Å². The van der Waals surface area contributed by atoms with Crippen LogP contribution in [-0.2, 0) is 0 Å². The van der Waals surface area contributed by atoms with E-state index in [-0.39, 0.29) is 4.75 Å². The first-order valence-electron chi connectivity index (χ1n) is 4.29. The smallest absolute Gasteiger partial charge is 0.0710 e. The molecule has 0 aliphatic heterocycles. The molecule has 0 saturated heterocycles. The lowest BCUT2D eigenvalue weighted by atomic mass is 9.85. The second kappa shape index (κ2) is 3.93. The summed E-state index contributed by atoms with van der Waals surface area (Å²) in [5, 5.41) is 9.28. The van der Waals surface area contributed by atoms with Crippen molar-refractivity contribution in [1.82, 2.24) is 0 Å². The number of halogens is 1. The summed E-state index contributed by atoms with van der Waals surface area (Å²) in [7, 11) is 0. The monoisotopic (exact) mass is 278 g/mol. The van der Waals surface area contributed by atoms with Gasteiger partial charge in [-0.15, -0.1) is 23.1 Å². The van der Waals surface area contributed by atoms with Crippen molar-refractivity contribution in [1.29, 1.82) is 0 Å². The van der Waals surface area contributed by atoms with Crippen LogP contribution in [0.3, 0.4) is 0 Å². The van der Waals surface area contributed by atoms with Crippen molar-refractivity contribution in [2.75, 3.05) is 6.61 Å². The fourth-order valence-electron chi connectivity index (χ4n) is 1.43. The molecule has 4 heteroatoms. The van der Waals surface area contributed by atoms with E-state index in [1.54, 1.807) is 11.3 Å². The number of hydrogen-bond donors (Lipinski definition) is 1. The molecule has 1 heterocycles. The molecule has 1 nitrogen and oxygen atoms in total. The third-order valence-electron chi connectivity index (χ3n) is 2.42. The van der Waals surface area contributed by atoms with Crippen LogP contribution < -0.4 is 0 Å². The Bertz CT molecular complexity index is 288. The van der Waals surface area contributed by atoms with Gasteiger partial charge in [0.15, 0.2) is 0 Å².